The van der Waals surface area contributed by atoms with Gasteiger partial charge < -0.3 is 9.64 Å². The van der Waals surface area contributed by atoms with Gasteiger partial charge >= 0.3 is 0 Å². The fourth-order valence-electron chi connectivity index (χ4n) is 1.73. The van der Waals surface area contributed by atoms with Gasteiger partial charge in [0.2, 0.25) is 0 Å². The molecule has 18 heavy (non-hydrogen) atoms. The van der Waals surface area contributed by atoms with E-state index in [1.54, 1.807) is 7.11 Å². The van der Waals surface area contributed by atoms with Crippen LogP contribution in [0, 0.1) is 0 Å². The highest BCUT2D eigenvalue weighted by molar-refractivity contribution is 7.17. The van der Waals surface area contributed by atoms with Crippen molar-refractivity contribution in [2.45, 2.75) is 6.54 Å². The molecule has 0 aliphatic heterocycles. The second-order valence-electron chi connectivity index (χ2n) is 4.00. The Morgan fingerprint density at radius 1 is 1.33 bits per heavy atom. The number of rotatable bonds is 5. The third-order valence-corrected chi connectivity index (χ3v) is 3.78. The van der Waals surface area contributed by atoms with Crippen molar-refractivity contribution >= 4 is 22.6 Å². The van der Waals surface area contributed by atoms with Gasteiger partial charge in [0.15, 0.2) is 6.29 Å². The Balaban J connectivity index is 2.10. The number of benzene rings is 1. The molecule has 0 N–H and O–H groups in total. The summed E-state index contributed by atoms with van der Waals surface area (Å²) in [5, 5.41) is 1.08. The molecule has 0 atom stereocenters. The third kappa shape index (κ3) is 2.90. The van der Waals surface area contributed by atoms with Gasteiger partial charge in [-0.15, -0.1) is 11.3 Å². The zero-order chi connectivity index (χ0) is 13.0. The van der Waals surface area contributed by atoms with Crippen LogP contribution in [0.1, 0.15) is 15.2 Å². The number of ether oxygens (including phenoxy) is 1. The molecule has 3 nitrogen and oxygen atoms in total. The topological polar surface area (TPSA) is 29.5 Å². The molecule has 0 radical (unpaired) electrons. The Labute approximate surface area is 111 Å². The Morgan fingerprint density at radius 3 is 2.83 bits per heavy atom. The smallest absolute Gasteiger partial charge is 0.160 e. The highest BCUT2D eigenvalue weighted by Gasteiger charge is 2.06. The number of thiophene rings is 1. The van der Waals surface area contributed by atoms with Crippen LogP contribution >= 0.6 is 11.3 Å². The van der Waals surface area contributed by atoms with Gasteiger partial charge in [-0.1, -0.05) is 12.1 Å². The average molecular weight is 261 g/mol. The molecule has 1 aromatic heterocycles. The van der Waals surface area contributed by atoms with Crippen molar-refractivity contribution in [2.24, 2.45) is 0 Å². The summed E-state index contributed by atoms with van der Waals surface area (Å²) in [5.41, 5.74) is 1.18. The van der Waals surface area contributed by atoms with E-state index in [0.29, 0.717) is 0 Å². The Kier molecular flexibility index (Phi) is 3.99. The van der Waals surface area contributed by atoms with Gasteiger partial charge in [0, 0.05) is 13.6 Å². The second kappa shape index (κ2) is 5.69. The van der Waals surface area contributed by atoms with Crippen molar-refractivity contribution < 1.29 is 9.53 Å². The fraction of sp³-hybridized carbons (Fsp3) is 0.214. The van der Waals surface area contributed by atoms with Crippen LogP contribution < -0.4 is 9.64 Å². The molecule has 0 saturated heterocycles. The molecule has 0 unspecified atom stereocenters. The van der Waals surface area contributed by atoms with E-state index in [4.69, 9.17) is 4.74 Å². The SMILES string of the molecule is COc1cccc(CN(C)c2ccc(C=O)s2)c1. The summed E-state index contributed by atoms with van der Waals surface area (Å²) < 4.78 is 5.20. The molecular formula is C14H15NO2S. The number of hydrogen-bond acceptors (Lipinski definition) is 4. The van der Waals surface area contributed by atoms with Crippen molar-refractivity contribution in [3.8, 4) is 5.75 Å². The third-order valence-electron chi connectivity index (χ3n) is 2.66. The first-order valence-corrected chi connectivity index (χ1v) is 6.43. The van der Waals surface area contributed by atoms with E-state index >= 15 is 0 Å². The molecule has 0 saturated carbocycles. The lowest BCUT2D eigenvalue weighted by molar-refractivity contribution is 0.112. The Morgan fingerprint density at radius 2 is 2.17 bits per heavy atom. The summed E-state index contributed by atoms with van der Waals surface area (Å²) in [7, 11) is 3.68. The molecule has 0 bridgehead atoms. The number of carbonyl (C=O) groups excluding carboxylic acids is 1. The Bertz CT molecular complexity index is 536. The summed E-state index contributed by atoms with van der Waals surface area (Å²) in [6.45, 7) is 0.788. The molecule has 0 aliphatic carbocycles. The lowest BCUT2D eigenvalue weighted by atomic mass is 10.2. The maximum absolute atomic E-state index is 10.7. The number of nitrogens with zero attached hydrogens (tertiary/aromatic N) is 1. The average Bonchev–Trinajstić information content (AvgIpc) is 2.88. The predicted octanol–water partition coefficient (Wildman–Crippen LogP) is 3.21. The number of methoxy groups -OCH3 is 1. The first-order valence-electron chi connectivity index (χ1n) is 5.62. The largest absolute Gasteiger partial charge is 0.497 e. The second-order valence-corrected chi connectivity index (χ2v) is 5.10. The van der Waals surface area contributed by atoms with Gasteiger partial charge in [0.25, 0.3) is 0 Å². The lowest BCUT2D eigenvalue weighted by Gasteiger charge is -2.17. The number of aldehydes is 1. The minimum absolute atomic E-state index is 0.752. The predicted molar refractivity (Wildman–Crippen MR) is 74.8 cm³/mol. The molecule has 1 heterocycles. The standard InChI is InChI=1S/C14H15NO2S/c1-15(14-7-6-13(10-16)18-14)9-11-4-3-5-12(8-11)17-2/h3-8,10H,9H2,1-2H3. The zero-order valence-corrected chi connectivity index (χ0v) is 11.2. The van der Waals surface area contributed by atoms with Crippen LogP contribution in [0.3, 0.4) is 0 Å². The van der Waals surface area contributed by atoms with E-state index < -0.39 is 0 Å². The lowest BCUT2D eigenvalue weighted by Crippen LogP contribution is -2.14. The number of hydrogen-bond donors (Lipinski definition) is 0. The molecule has 0 fully saturated rings. The first-order chi connectivity index (χ1) is 8.72. The van der Waals surface area contributed by atoms with Crippen molar-refractivity contribution in [3.05, 3.63) is 46.8 Å². The molecule has 2 aromatic rings. The van der Waals surface area contributed by atoms with Crippen molar-refractivity contribution in [3.63, 3.8) is 0 Å². The van der Waals surface area contributed by atoms with E-state index in [1.165, 1.54) is 16.9 Å². The summed E-state index contributed by atoms with van der Waals surface area (Å²) in [5.74, 6) is 0.862. The van der Waals surface area contributed by atoms with Gasteiger partial charge in [0.1, 0.15) is 5.75 Å². The fourth-order valence-corrected chi connectivity index (χ4v) is 2.52. The van der Waals surface area contributed by atoms with E-state index in [1.807, 2.05) is 37.4 Å². The van der Waals surface area contributed by atoms with E-state index in [0.717, 1.165) is 28.5 Å². The van der Waals surface area contributed by atoms with Gasteiger partial charge in [-0.2, -0.15) is 0 Å². The maximum atomic E-state index is 10.7. The van der Waals surface area contributed by atoms with Crippen LogP contribution in [0.4, 0.5) is 5.00 Å². The van der Waals surface area contributed by atoms with Gasteiger partial charge in [-0.05, 0) is 29.8 Å². The molecule has 94 valence electrons. The van der Waals surface area contributed by atoms with Gasteiger partial charge in [-0.3, -0.25) is 4.79 Å². The number of anilines is 1. The molecular weight excluding hydrogens is 246 g/mol. The van der Waals surface area contributed by atoms with E-state index in [2.05, 4.69) is 11.0 Å². The van der Waals surface area contributed by atoms with Crippen LogP contribution in [-0.2, 0) is 6.54 Å². The molecule has 0 amide bonds. The minimum Gasteiger partial charge on any atom is -0.497 e. The minimum atomic E-state index is 0.752. The summed E-state index contributed by atoms with van der Waals surface area (Å²) in [6, 6.07) is 11.8. The van der Waals surface area contributed by atoms with Crippen LogP contribution in [0.2, 0.25) is 0 Å². The molecule has 4 heteroatoms. The van der Waals surface area contributed by atoms with E-state index in [9.17, 15) is 4.79 Å². The van der Waals surface area contributed by atoms with Crippen LogP contribution in [-0.4, -0.2) is 20.4 Å². The first kappa shape index (κ1) is 12.6. The molecule has 2 rings (SSSR count). The summed E-state index contributed by atoms with van der Waals surface area (Å²) in [4.78, 5) is 13.5. The summed E-state index contributed by atoms with van der Waals surface area (Å²) in [6.07, 6.45) is 0.882. The Hall–Kier alpha value is -1.81. The van der Waals surface area contributed by atoms with Crippen LogP contribution in [0.25, 0.3) is 0 Å². The highest BCUT2D eigenvalue weighted by Crippen LogP contribution is 2.25. The van der Waals surface area contributed by atoms with Crippen LogP contribution in [0.15, 0.2) is 36.4 Å². The quantitative estimate of drug-likeness (QED) is 0.774. The monoisotopic (exact) mass is 261 g/mol. The molecule has 0 aliphatic rings. The van der Waals surface area contributed by atoms with Crippen molar-refractivity contribution in [1.82, 2.24) is 0 Å². The number of carbonyl (C=O) groups is 1. The van der Waals surface area contributed by atoms with Crippen LogP contribution in [0.5, 0.6) is 5.75 Å². The molecule has 0 spiro atoms. The van der Waals surface area contributed by atoms with Crippen molar-refractivity contribution in [1.29, 1.82) is 0 Å². The summed E-state index contributed by atoms with van der Waals surface area (Å²) >= 11 is 1.50. The molecule has 1 aromatic carbocycles. The van der Waals surface area contributed by atoms with Crippen molar-refractivity contribution in [2.75, 3.05) is 19.1 Å². The maximum Gasteiger partial charge on any atom is 0.160 e. The van der Waals surface area contributed by atoms with Gasteiger partial charge in [-0.25, -0.2) is 0 Å². The normalized spacial score (nSPS) is 10.1. The highest BCUT2D eigenvalue weighted by atomic mass is 32.1. The van der Waals surface area contributed by atoms with Gasteiger partial charge in [0.05, 0.1) is 17.0 Å². The van der Waals surface area contributed by atoms with E-state index in [-0.39, 0.29) is 0 Å². The zero-order valence-electron chi connectivity index (χ0n) is 10.4.